The minimum atomic E-state index is -0.121. The molecular formula is C51H36N4S. The van der Waals surface area contributed by atoms with Crippen LogP contribution in [-0.2, 0) is 10.8 Å². The van der Waals surface area contributed by atoms with E-state index in [1.807, 2.05) is 42.6 Å². The highest BCUT2D eigenvalue weighted by Crippen LogP contribution is 2.54. The van der Waals surface area contributed by atoms with Gasteiger partial charge in [-0.05, 0) is 99.1 Å². The Bertz CT molecular complexity index is 3180. The lowest BCUT2D eigenvalue weighted by atomic mass is 9.82. The fourth-order valence-electron chi connectivity index (χ4n) is 9.85. The second-order valence-electron chi connectivity index (χ2n) is 16.4. The van der Waals surface area contributed by atoms with Crippen molar-refractivity contribution >= 4 is 53.4 Å². The van der Waals surface area contributed by atoms with Gasteiger partial charge < -0.3 is 4.57 Å². The van der Waals surface area contributed by atoms with Crippen LogP contribution in [0.25, 0.3) is 92.8 Å². The van der Waals surface area contributed by atoms with Crippen molar-refractivity contribution < 1.29 is 0 Å². The van der Waals surface area contributed by atoms with E-state index in [0.29, 0.717) is 5.82 Å². The molecule has 2 aliphatic carbocycles. The van der Waals surface area contributed by atoms with E-state index in [-0.39, 0.29) is 10.8 Å². The number of pyridine rings is 1. The van der Waals surface area contributed by atoms with Crippen molar-refractivity contribution in [1.29, 1.82) is 0 Å². The lowest BCUT2D eigenvalue weighted by Crippen LogP contribution is -2.15. The average Bonchev–Trinajstić information content (AvgIpc) is 3.90. The average molecular weight is 737 g/mol. The van der Waals surface area contributed by atoms with E-state index in [1.165, 1.54) is 71.0 Å². The van der Waals surface area contributed by atoms with Crippen molar-refractivity contribution in [3.05, 3.63) is 168 Å². The van der Waals surface area contributed by atoms with Gasteiger partial charge in [0.1, 0.15) is 5.69 Å². The number of thiophene rings is 1. The maximum atomic E-state index is 5.31. The number of fused-ring (bicyclic) bond motifs is 12. The molecular weight excluding hydrogens is 701 g/mol. The van der Waals surface area contributed by atoms with Gasteiger partial charge in [0.25, 0.3) is 0 Å². The van der Waals surface area contributed by atoms with Crippen molar-refractivity contribution in [1.82, 2.24) is 19.5 Å². The van der Waals surface area contributed by atoms with E-state index in [2.05, 4.69) is 135 Å². The first-order valence-corrected chi connectivity index (χ1v) is 20.2. The van der Waals surface area contributed by atoms with Gasteiger partial charge in [0.05, 0.1) is 26.9 Å². The maximum absolute atomic E-state index is 5.31. The first-order chi connectivity index (χ1) is 27.3. The molecule has 0 amide bonds. The topological polar surface area (TPSA) is 43.6 Å². The Balaban J connectivity index is 1.18. The molecule has 266 valence electrons. The second-order valence-corrected chi connectivity index (χ2v) is 17.5. The molecule has 0 atom stereocenters. The molecule has 5 heteroatoms. The van der Waals surface area contributed by atoms with E-state index in [4.69, 9.17) is 15.0 Å². The molecule has 0 saturated carbocycles. The van der Waals surface area contributed by atoms with Crippen LogP contribution < -0.4 is 0 Å². The van der Waals surface area contributed by atoms with E-state index in [9.17, 15) is 0 Å². The Labute approximate surface area is 328 Å². The van der Waals surface area contributed by atoms with E-state index in [0.717, 1.165) is 38.2 Å². The predicted octanol–water partition coefficient (Wildman–Crippen LogP) is 13.3. The Hall–Kier alpha value is -6.43. The minimum absolute atomic E-state index is 0.121. The monoisotopic (exact) mass is 736 g/mol. The number of nitrogens with zero attached hydrogens (tertiary/aromatic N) is 4. The molecule has 10 aromatic rings. The summed E-state index contributed by atoms with van der Waals surface area (Å²) in [6.07, 6.45) is 1.84. The zero-order chi connectivity index (χ0) is 37.5. The SMILES string of the molecule is CC1(C)c2ccccc2-c2cc3c4cc5c(cc4n(-c4ccc6sc7c(-c8ccccn8)nc(-c8ccccc8)nc7c6c4)c3cc21)C(C)(C)c1ccccc1-5. The van der Waals surface area contributed by atoms with Crippen LogP contribution in [-0.4, -0.2) is 19.5 Å². The van der Waals surface area contributed by atoms with Crippen LogP contribution >= 0.6 is 11.3 Å². The molecule has 0 aliphatic heterocycles. The zero-order valence-electron chi connectivity index (χ0n) is 31.6. The molecule has 4 heterocycles. The summed E-state index contributed by atoms with van der Waals surface area (Å²) >= 11 is 1.74. The summed E-state index contributed by atoms with van der Waals surface area (Å²) in [7, 11) is 0. The van der Waals surface area contributed by atoms with Gasteiger partial charge >= 0.3 is 0 Å². The predicted molar refractivity (Wildman–Crippen MR) is 233 cm³/mol. The first-order valence-electron chi connectivity index (χ1n) is 19.4. The molecule has 0 fully saturated rings. The van der Waals surface area contributed by atoms with Crippen molar-refractivity contribution in [3.63, 3.8) is 0 Å². The summed E-state index contributed by atoms with van der Waals surface area (Å²) in [6.45, 7) is 9.49. The van der Waals surface area contributed by atoms with Crippen LogP contribution in [0.2, 0.25) is 0 Å². The second kappa shape index (κ2) is 11.1. The highest BCUT2D eigenvalue weighted by atomic mass is 32.1. The summed E-state index contributed by atoms with van der Waals surface area (Å²) in [6, 6.07) is 51.1. The third-order valence-electron chi connectivity index (χ3n) is 12.7. The van der Waals surface area contributed by atoms with Crippen molar-refractivity contribution in [3.8, 4) is 50.7 Å². The fraction of sp³-hybridized carbons (Fsp3) is 0.118. The Kier molecular flexibility index (Phi) is 6.31. The summed E-state index contributed by atoms with van der Waals surface area (Å²) in [5, 5.41) is 3.67. The molecule has 6 aromatic carbocycles. The molecule has 0 radical (unpaired) electrons. The van der Waals surface area contributed by atoms with Crippen LogP contribution in [0, 0.1) is 0 Å². The van der Waals surface area contributed by atoms with Gasteiger partial charge in [-0.25, -0.2) is 9.97 Å². The number of benzene rings is 6. The molecule has 0 bridgehead atoms. The third kappa shape index (κ3) is 4.21. The minimum Gasteiger partial charge on any atom is -0.309 e. The third-order valence-corrected chi connectivity index (χ3v) is 13.8. The van der Waals surface area contributed by atoms with Crippen LogP contribution in [0.4, 0.5) is 0 Å². The summed E-state index contributed by atoms with van der Waals surface area (Å²) < 4.78 is 4.74. The van der Waals surface area contributed by atoms with Crippen molar-refractivity contribution in [2.75, 3.05) is 0 Å². The fourth-order valence-corrected chi connectivity index (χ4v) is 11.0. The molecule has 0 N–H and O–H groups in total. The highest BCUT2D eigenvalue weighted by molar-refractivity contribution is 7.26. The van der Waals surface area contributed by atoms with Gasteiger partial charge in [0, 0.05) is 49.1 Å². The lowest BCUT2D eigenvalue weighted by molar-refractivity contribution is 0.660. The number of hydrogen-bond donors (Lipinski definition) is 0. The zero-order valence-corrected chi connectivity index (χ0v) is 32.4. The Morgan fingerprint density at radius 2 is 1.12 bits per heavy atom. The molecule has 4 aromatic heterocycles. The van der Waals surface area contributed by atoms with Gasteiger partial charge in [0.2, 0.25) is 0 Å². The van der Waals surface area contributed by atoms with Gasteiger partial charge in [-0.2, -0.15) is 0 Å². The van der Waals surface area contributed by atoms with Crippen LogP contribution in [0.5, 0.6) is 0 Å². The van der Waals surface area contributed by atoms with Gasteiger partial charge in [0.15, 0.2) is 5.82 Å². The summed E-state index contributed by atoms with van der Waals surface area (Å²) in [5.41, 5.74) is 17.9. The first kappa shape index (κ1) is 31.9. The number of hydrogen-bond acceptors (Lipinski definition) is 4. The van der Waals surface area contributed by atoms with Crippen molar-refractivity contribution in [2.45, 2.75) is 38.5 Å². The van der Waals surface area contributed by atoms with Gasteiger partial charge in [-0.15, -0.1) is 11.3 Å². The molecule has 0 saturated heterocycles. The molecule has 4 nitrogen and oxygen atoms in total. The van der Waals surface area contributed by atoms with Crippen LogP contribution in [0.3, 0.4) is 0 Å². The molecule has 56 heavy (non-hydrogen) atoms. The largest absolute Gasteiger partial charge is 0.309 e. The maximum Gasteiger partial charge on any atom is 0.160 e. The number of aromatic nitrogens is 4. The van der Waals surface area contributed by atoms with Gasteiger partial charge in [-0.3, -0.25) is 4.98 Å². The molecule has 0 spiro atoms. The van der Waals surface area contributed by atoms with Crippen LogP contribution in [0.1, 0.15) is 49.9 Å². The summed E-state index contributed by atoms with van der Waals surface area (Å²) in [5.74, 6) is 0.704. The highest BCUT2D eigenvalue weighted by Gasteiger charge is 2.38. The Morgan fingerprint density at radius 3 is 1.75 bits per heavy atom. The molecule has 0 unspecified atom stereocenters. The molecule has 2 aliphatic rings. The molecule has 12 rings (SSSR count). The standard InChI is InChI=1S/C51H36N4S/c1-50(2)38-18-10-8-16-31(38)33-25-35-36-26-34-32-17-9-11-19-39(32)51(3,4)41(34)28-44(36)55(43(35)27-40(33)50)30-21-22-45-37(24-30)46-48(56-45)47(42-20-12-13-23-52-42)54-49(53-46)29-14-6-5-7-15-29/h5-28H,1-4H3. The van der Waals surface area contributed by atoms with E-state index in [1.54, 1.807) is 11.3 Å². The smallest absolute Gasteiger partial charge is 0.160 e. The Morgan fingerprint density at radius 1 is 0.518 bits per heavy atom. The summed E-state index contributed by atoms with van der Waals surface area (Å²) in [4.78, 5) is 15.2. The normalized spacial score (nSPS) is 14.7. The quantitative estimate of drug-likeness (QED) is 0.181. The van der Waals surface area contributed by atoms with E-state index >= 15 is 0 Å². The number of rotatable bonds is 3. The van der Waals surface area contributed by atoms with E-state index < -0.39 is 0 Å². The lowest BCUT2D eigenvalue weighted by Gasteiger charge is -2.22. The van der Waals surface area contributed by atoms with Crippen molar-refractivity contribution in [2.24, 2.45) is 0 Å². The van der Waals surface area contributed by atoms with Crippen LogP contribution in [0.15, 0.2) is 146 Å². The van der Waals surface area contributed by atoms with Gasteiger partial charge in [-0.1, -0.05) is 113 Å².